The third-order valence-corrected chi connectivity index (χ3v) is 7.83. The van der Waals surface area contributed by atoms with Gasteiger partial charge in [-0.1, -0.05) is 0 Å². The van der Waals surface area contributed by atoms with E-state index < -0.39 is 77.8 Å². The summed E-state index contributed by atoms with van der Waals surface area (Å²) in [6, 6.07) is -1.17. The van der Waals surface area contributed by atoms with Crippen LogP contribution < -0.4 is 11.1 Å². The van der Waals surface area contributed by atoms with Crippen molar-refractivity contribution < 1.29 is 50.3 Å². The fraction of sp³-hybridized carbons (Fsp3) is 0.810. The molecule has 8 nitrogen and oxygen atoms in total. The number of amides is 3. The summed E-state index contributed by atoms with van der Waals surface area (Å²) in [5.41, 5.74) is 4.58. The van der Waals surface area contributed by atoms with Crippen LogP contribution >= 0.6 is 0 Å². The number of carbonyl (C=O) groups excluding carboxylic acids is 4. The maximum absolute atomic E-state index is 13.0. The van der Waals surface area contributed by atoms with Crippen LogP contribution in [0.4, 0.5) is 26.3 Å². The van der Waals surface area contributed by atoms with E-state index in [1.807, 2.05) is 0 Å². The summed E-state index contributed by atoms with van der Waals surface area (Å²) in [5, 5.41) is 2.60. The fourth-order valence-corrected chi connectivity index (χ4v) is 5.86. The lowest BCUT2D eigenvalue weighted by molar-refractivity contribution is -0.321. The Hall–Kier alpha value is -2.38. The van der Waals surface area contributed by atoms with Crippen molar-refractivity contribution in [3.8, 4) is 0 Å². The number of likely N-dealkylation sites (tertiary alicyclic amines) is 1. The van der Waals surface area contributed by atoms with E-state index in [1.54, 1.807) is 0 Å². The number of nitrogens with zero attached hydrogens (tertiary/aromatic N) is 1. The number of hydrogen-bond donors (Lipinski definition) is 2. The van der Waals surface area contributed by atoms with Crippen LogP contribution in [-0.2, 0) is 23.9 Å². The highest BCUT2D eigenvalue weighted by atomic mass is 19.4. The lowest BCUT2D eigenvalue weighted by Crippen LogP contribution is -2.44. The Morgan fingerprint density at radius 2 is 1.86 bits per heavy atom. The molecule has 14 heteroatoms. The van der Waals surface area contributed by atoms with E-state index in [-0.39, 0.29) is 38.1 Å². The molecule has 35 heavy (non-hydrogen) atoms. The Kier molecular flexibility index (Phi) is 6.34. The minimum absolute atomic E-state index is 0.00289. The number of alkyl halides is 6. The van der Waals surface area contributed by atoms with Gasteiger partial charge < -0.3 is 16.0 Å². The number of rotatable bonds is 8. The van der Waals surface area contributed by atoms with Crippen molar-refractivity contribution in [2.75, 3.05) is 19.7 Å². The van der Waals surface area contributed by atoms with Crippen LogP contribution in [0.15, 0.2) is 0 Å². The second kappa shape index (κ2) is 8.63. The van der Waals surface area contributed by atoms with Crippen molar-refractivity contribution in [2.45, 2.75) is 50.7 Å². The molecule has 2 aliphatic carbocycles. The molecule has 4 rings (SSSR count). The molecular weight excluding hydrogens is 488 g/mol. The number of Topliss-reactive ketones (excluding diaryl/α,β-unsaturated/α-hetero) is 1. The van der Waals surface area contributed by atoms with E-state index >= 15 is 0 Å². The first-order valence-electron chi connectivity index (χ1n) is 11.3. The van der Waals surface area contributed by atoms with Gasteiger partial charge in [0.1, 0.15) is 12.6 Å². The molecule has 2 heterocycles. The second-order valence-electron chi connectivity index (χ2n) is 10.1. The number of carbonyl (C=O) groups is 4. The SMILES string of the molecule is NC(=O)C1CC2(CC2[C@H](C[C@H]2CCNC2=O)C(=O)COC(F)(F)F)CN1C(=O)[C@@H]1C[C@H]1C(F)(F)F. The fourth-order valence-electron chi connectivity index (χ4n) is 5.86. The molecule has 2 saturated heterocycles. The van der Waals surface area contributed by atoms with Crippen molar-refractivity contribution in [1.29, 1.82) is 0 Å². The highest BCUT2D eigenvalue weighted by Crippen LogP contribution is 2.65. The first-order chi connectivity index (χ1) is 16.1. The van der Waals surface area contributed by atoms with Gasteiger partial charge >= 0.3 is 12.5 Å². The molecule has 0 radical (unpaired) electrons. The molecule has 196 valence electrons. The molecule has 0 aromatic heterocycles. The summed E-state index contributed by atoms with van der Waals surface area (Å²) in [7, 11) is 0. The van der Waals surface area contributed by atoms with Crippen LogP contribution in [-0.4, -0.2) is 66.7 Å². The average molecular weight is 513 g/mol. The summed E-state index contributed by atoms with van der Waals surface area (Å²) in [6.07, 6.45) is -9.30. The van der Waals surface area contributed by atoms with Crippen LogP contribution in [0.1, 0.15) is 32.1 Å². The van der Waals surface area contributed by atoms with Gasteiger partial charge in [0.25, 0.3) is 0 Å². The largest absolute Gasteiger partial charge is 0.522 e. The zero-order valence-corrected chi connectivity index (χ0v) is 18.5. The molecule has 7 atom stereocenters. The molecule has 3 amide bonds. The monoisotopic (exact) mass is 513 g/mol. The van der Waals surface area contributed by atoms with E-state index in [0.29, 0.717) is 13.0 Å². The Morgan fingerprint density at radius 1 is 1.17 bits per heavy atom. The Balaban J connectivity index is 1.50. The zero-order chi connectivity index (χ0) is 25.9. The quantitative estimate of drug-likeness (QED) is 0.478. The van der Waals surface area contributed by atoms with Crippen LogP contribution in [0.5, 0.6) is 0 Å². The standard InChI is InChI=1S/C21H25F6N3O5/c22-20(23,24)12-4-11(12)18(34)30-8-19(6-14(30)16(28)32)5-13(19)10(3-9-1-2-29-17(9)33)15(31)7-35-21(25,26)27/h9-14H,1-8H2,(H2,28,32)(H,29,33)/t9-,10+,11-,12-,13?,14?,19?/m1/s1. The third kappa shape index (κ3) is 5.26. The van der Waals surface area contributed by atoms with Crippen LogP contribution in [0.2, 0.25) is 0 Å². The van der Waals surface area contributed by atoms with E-state index in [9.17, 15) is 45.5 Å². The normalized spacial score (nSPS) is 35.2. The maximum Gasteiger partial charge on any atom is 0.522 e. The molecule has 4 fully saturated rings. The van der Waals surface area contributed by atoms with Crippen molar-refractivity contribution in [3.63, 3.8) is 0 Å². The topological polar surface area (TPSA) is 119 Å². The van der Waals surface area contributed by atoms with Gasteiger partial charge in [-0.25, -0.2) is 0 Å². The Bertz CT molecular complexity index is 924. The zero-order valence-electron chi connectivity index (χ0n) is 18.5. The lowest BCUT2D eigenvalue weighted by Gasteiger charge is -2.23. The number of primary amides is 1. The number of halogens is 6. The molecule has 3 N–H and O–H groups in total. The van der Waals surface area contributed by atoms with Crippen LogP contribution in [0.25, 0.3) is 0 Å². The minimum atomic E-state index is -5.03. The van der Waals surface area contributed by atoms with Gasteiger partial charge in [-0.2, -0.15) is 13.2 Å². The summed E-state index contributed by atoms with van der Waals surface area (Å²) < 4.78 is 80.2. The highest BCUT2D eigenvalue weighted by molar-refractivity contribution is 5.90. The predicted octanol–water partition coefficient (Wildman–Crippen LogP) is 1.53. The molecule has 4 aliphatic rings. The summed E-state index contributed by atoms with van der Waals surface area (Å²) in [5.74, 6) is -8.15. The number of hydrogen-bond acceptors (Lipinski definition) is 5. The Labute approximate surface area is 195 Å². The molecule has 2 saturated carbocycles. The van der Waals surface area contributed by atoms with Gasteiger partial charge in [0.2, 0.25) is 17.7 Å². The first-order valence-corrected chi connectivity index (χ1v) is 11.3. The number of ether oxygens (including phenoxy) is 1. The molecule has 0 aromatic carbocycles. The van der Waals surface area contributed by atoms with Gasteiger partial charge in [0.15, 0.2) is 5.78 Å². The molecule has 1 spiro atoms. The molecule has 0 bridgehead atoms. The van der Waals surface area contributed by atoms with Gasteiger partial charge in [0.05, 0.1) is 11.8 Å². The van der Waals surface area contributed by atoms with Crippen molar-refractivity contribution in [3.05, 3.63) is 0 Å². The van der Waals surface area contributed by atoms with Gasteiger partial charge in [-0.05, 0) is 43.4 Å². The smallest absolute Gasteiger partial charge is 0.368 e. The molecular formula is C21H25F6N3O5. The number of ketones is 1. The van der Waals surface area contributed by atoms with Crippen molar-refractivity contribution in [2.24, 2.45) is 40.7 Å². The van der Waals surface area contributed by atoms with E-state index in [2.05, 4.69) is 10.1 Å². The van der Waals surface area contributed by atoms with Crippen molar-refractivity contribution >= 4 is 23.5 Å². The first kappa shape index (κ1) is 25.7. The highest BCUT2D eigenvalue weighted by Gasteiger charge is 2.67. The van der Waals surface area contributed by atoms with Crippen molar-refractivity contribution in [1.82, 2.24) is 10.2 Å². The summed E-state index contributed by atoms with van der Waals surface area (Å²) in [4.78, 5) is 50.7. The van der Waals surface area contributed by atoms with Crippen LogP contribution in [0, 0.1) is 35.0 Å². The van der Waals surface area contributed by atoms with Gasteiger partial charge in [-0.3, -0.25) is 23.9 Å². The molecule has 2 aliphatic heterocycles. The van der Waals surface area contributed by atoms with E-state index in [0.717, 1.165) is 4.90 Å². The van der Waals surface area contributed by atoms with Gasteiger partial charge in [-0.15, -0.1) is 13.2 Å². The van der Waals surface area contributed by atoms with E-state index in [4.69, 9.17) is 5.73 Å². The summed E-state index contributed by atoms with van der Waals surface area (Å²) >= 11 is 0. The molecule has 0 aromatic rings. The predicted molar refractivity (Wildman–Crippen MR) is 104 cm³/mol. The lowest BCUT2D eigenvalue weighted by atomic mass is 9.83. The third-order valence-electron chi connectivity index (χ3n) is 7.83. The average Bonchev–Trinajstić information content (AvgIpc) is 3.59. The van der Waals surface area contributed by atoms with Crippen LogP contribution in [0.3, 0.4) is 0 Å². The second-order valence-corrected chi connectivity index (χ2v) is 10.1. The number of nitrogens with one attached hydrogen (secondary N) is 1. The minimum Gasteiger partial charge on any atom is -0.368 e. The Morgan fingerprint density at radius 3 is 2.37 bits per heavy atom. The van der Waals surface area contributed by atoms with Gasteiger partial charge in [0, 0.05) is 24.9 Å². The summed E-state index contributed by atoms with van der Waals surface area (Å²) in [6.45, 7) is -0.995. The van der Waals surface area contributed by atoms with E-state index in [1.165, 1.54) is 0 Å². The number of nitrogens with two attached hydrogens (primary N) is 1. The maximum atomic E-state index is 13.0. The molecule has 3 unspecified atom stereocenters.